The maximum Gasteiger partial charge on any atom is 0.221 e. The van der Waals surface area contributed by atoms with Gasteiger partial charge in [-0.1, -0.05) is 0 Å². The van der Waals surface area contributed by atoms with Gasteiger partial charge < -0.3 is 61.3 Å². The topological polar surface area (TPSA) is 295 Å². The van der Waals surface area contributed by atoms with Crippen LogP contribution in [0.4, 0.5) is 0 Å². The van der Waals surface area contributed by atoms with E-state index in [1.54, 1.807) is 0 Å². The zero-order valence-corrected chi connectivity index (χ0v) is 20.5. The summed E-state index contributed by atoms with van der Waals surface area (Å²) in [6, 6.07) is 3.47. The minimum absolute atomic E-state index is 0.524. The van der Waals surface area contributed by atoms with Crippen LogP contribution in [0.25, 0.3) is 0 Å². The Morgan fingerprint density at radius 2 is 0.810 bits per heavy atom. The molecule has 0 heterocycles. The second-order valence-corrected chi connectivity index (χ2v) is 8.47. The molecule has 218 valence electrons. The van der Waals surface area contributed by atoms with Crippen molar-refractivity contribution >= 4 is 11.6 Å². The number of phenols is 12. The molecule has 0 bridgehead atoms. The van der Waals surface area contributed by atoms with Crippen LogP contribution in [-0.4, -0.2) is 72.8 Å². The molecule has 42 heavy (non-hydrogen) atoms. The number of phenolic OH excluding ortho intramolecular Hbond substituents is 12. The van der Waals surface area contributed by atoms with E-state index < -0.39 is 114 Å². The smallest absolute Gasteiger partial charge is 0.221 e. The van der Waals surface area contributed by atoms with Crippen LogP contribution in [0.3, 0.4) is 0 Å². The molecule has 4 aromatic carbocycles. The highest BCUT2D eigenvalue weighted by atomic mass is 17.2. The predicted octanol–water partition coefficient (Wildman–Crippen LogP) is 1.99. The third kappa shape index (κ3) is 4.70. The summed E-state index contributed by atoms with van der Waals surface area (Å²) in [5.74, 6) is -16.6. The van der Waals surface area contributed by atoms with Gasteiger partial charge in [-0.15, -0.1) is 0 Å². The fraction of sp³-hybridized carbons (Fsp3) is 0. The average Bonchev–Trinajstić information content (AvgIpc) is 2.91. The maximum atomic E-state index is 13.1. The van der Waals surface area contributed by atoms with E-state index in [0.717, 1.165) is 0 Å². The van der Waals surface area contributed by atoms with E-state index >= 15 is 0 Å². The fourth-order valence-electron chi connectivity index (χ4n) is 3.68. The first-order chi connectivity index (χ1) is 19.6. The average molecular weight is 586 g/mol. The van der Waals surface area contributed by atoms with Gasteiger partial charge in [-0.05, 0) is 6.07 Å². The summed E-state index contributed by atoms with van der Waals surface area (Å²) in [6.07, 6.45) is 0. The lowest BCUT2D eigenvalue weighted by Crippen LogP contribution is -2.10. The summed E-state index contributed by atoms with van der Waals surface area (Å²) in [5.41, 5.74) is -3.44. The van der Waals surface area contributed by atoms with Crippen LogP contribution in [0.15, 0.2) is 36.4 Å². The zero-order valence-electron chi connectivity index (χ0n) is 20.5. The van der Waals surface area contributed by atoms with E-state index in [0.29, 0.717) is 36.4 Å². The Balaban J connectivity index is 1.74. The Bertz CT molecular complexity index is 1790. The van der Waals surface area contributed by atoms with E-state index in [1.807, 2.05) is 0 Å². The van der Waals surface area contributed by atoms with Crippen LogP contribution < -0.4 is 9.78 Å². The lowest BCUT2D eigenvalue weighted by atomic mass is 9.99. The van der Waals surface area contributed by atoms with Crippen molar-refractivity contribution in [1.29, 1.82) is 0 Å². The number of hydrogen-bond donors (Lipinski definition) is 12. The fourth-order valence-corrected chi connectivity index (χ4v) is 3.68. The van der Waals surface area contributed by atoms with Crippen molar-refractivity contribution in [2.45, 2.75) is 0 Å². The molecule has 0 amide bonds. The number of rotatable bonds is 7. The number of hydrogen-bond acceptors (Lipinski definition) is 16. The van der Waals surface area contributed by atoms with Crippen LogP contribution >= 0.6 is 0 Å². The second kappa shape index (κ2) is 10.2. The molecular formula is C26H18O16. The monoisotopic (exact) mass is 586 g/mol. The van der Waals surface area contributed by atoms with Gasteiger partial charge in [0.1, 0.15) is 28.4 Å². The Morgan fingerprint density at radius 3 is 1.33 bits per heavy atom. The third-order valence-electron chi connectivity index (χ3n) is 5.79. The first-order valence-electron chi connectivity index (χ1n) is 11.1. The van der Waals surface area contributed by atoms with Gasteiger partial charge in [-0.2, -0.15) is 0 Å². The van der Waals surface area contributed by atoms with Crippen LogP contribution in [0.5, 0.6) is 80.5 Å². The van der Waals surface area contributed by atoms with Crippen LogP contribution in [0.1, 0.15) is 31.8 Å². The predicted molar refractivity (Wildman–Crippen MR) is 134 cm³/mol. The first-order valence-corrected chi connectivity index (χ1v) is 11.1. The van der Waals surface area contributed by atoms with Crippen molar-refractivity contribution < 1.29 is 80.6 Å². The summed E-state index contributed by atoms with van der Waals surface area (Å²) >= 11 is 0. The quantitative estimate of drug-likeness (QED) is 0.0484. The Hall–Kier alpha value is -6.58. The van der Waals surface area contributed by atoms with Crippen molar-refractivity contribution in [2.24, 2.45) is 0 Å². The lowest BCUT2D eigenvalue weighted by Gasteiger charge is -2.15. The molecule has 4 aromatic rings. The van der Waals surface area contributed by atoms with Gasteiger partial charge in [-0.3, -0.25) is 19.4 Å². The highest BCUT2D eigenvalue weighted by Crippen LogP contribution is 2.47. The van der Waals surface area contributed by atoms with Crippen molar-refractivity contribution in [3.8, 4) is 80.5 Å². The van der Waals surface area contributed by atoms with Gasteiger partial charge in [0.2, 0.25) is 28.8 Å². The number of ketones is 2. The summed E-state index contributed by atoms with van der Waals surface area (Å²) in [7, 11) is 0. The van der Waals surface area contributed by atoms with Gasteiger partial charge in [-0.25, -0.2) is 0 Å². The number of carbonyl (C=O) groups excluding carboxylic acids is 2. The molecule has 0 aliphatic rings. The number of benzene rings is 4. The van der Waals surface area contributed by atoms with Gasteiger partial charge in [0.25, 0.3) is 0 Å². The summed E-state index contributed by atoms with van der Waals surface area (Å²) in [6.45, 7) is 0. The van der Waals surface area contributed by atoms with E-state index in [1.165, 1.54) is 0 Å². The molecule has 0 aliphatic carbocycles. The standard InChI is InChI=1S/C26H18O16/c27-9-3-12(30)18(2-7(9)21(35)19-13(31)4-15(33)23(37)25(19)39)42-41-17-6-11(29)10(28)1-8(17)22(36)20-14(32)5-16(34)24(38)26(20)40/h1-6,27-34,37-40H. The summed E-state index contributed by atoms with van der Waals surface area (Å²) < 4.78 is 0. The molecule has 0 radical (unpaired) electrons. The molecule has 0 saturated carbocycles. The third-order valence-corrected chi connectivity index (χ3v) is 5.79. The molecule has 0 saturated heterocycles. The number of carbonyl (C=O) groups is 2. The van der Waals surface area contributed by atoms with E-state index in [-0.39, 0.29) is 0 Å². The molecule has 0 unspecified atom stereocenters. The van der Waals surface area contributed by atoms with Crippen molar-refractivity contribution in [2.75, 3.05) is 0 Å². The molecule has 16 nitrogen and oxygen atoms in total. The molecule has 0 aliphatic heterocycles. The largest absolute Gasteiger partial charge is 0.507 e. The minimum atomic E-state index is -1.35. The van der Waals surface area contributed by atoms with Crippen LogP contribution in [-0.2, 0) is 0 Å². The molecule has 0 fully saturated rings. The minimum Gasteiger partial charge on any atom is -0.507 e. The van der Waals surface area contributed by atoms with E-state index in [2.05, 4.69) is 0 Å². The highest BCUT2D eigenvalue weighted by molar-refractivity contribution is 6.15. The highest BCUT2D eigenvalue weighted by Gasteiger charge is 2.29. The van der Waals surface area contributed by atoms with Crippen LogP contribution in [0.2, 0.25) is 0 Å². The van der Waals surface area contributed by atoms with E-state index in [9.17, 15) is 70.9 Å². The van der Waals surface area contributed by atoms with Crippen molar-refractivity contribution in [3.63, 3.8) is 0 Å². The summed E-state index contributed by atoms with van der Waals surface area (Å²) in [4.78, 5) is 36.0. The van der Waals surface area contributed by atoms with Crippen molar-refractivity contribution in [1.82, 2.24) is 0 Å². The molecule has 16 heteroatoms. The Labute approximate surface area is 231 Å². The molecule has 12 N–H and O–H groups in total. The molecule has 0 aromatic heterocycles. The Kier molecular flexibility index (Phi) is 6.90. The normalized spacial score (nSPS) is 10.8. The van der Waals surface area contributed by atoms with Gasteiger partial charge in [0.15, 0.2) is 46.0 Å². The number of aromatic hydroxyl groups is 12. The zero-order chi connectivity index (χ0) is 31.2. The maximum absolute atomic E-state index is 13.1. The van der Waals surface area contributed by atoms with Gasteiger partial charge in [0, 0.05) is 30.3 Å². The van der Waals surface area contributed by atoms with Gasteiger partial charge in [0.05, 0.1) is 11.1 Å². The SMILES string of the molecule is O=C(c1cc(OOc2cc(O)c(O)cc2C(=O)c2c(O)cc(O)c(O)c2O)c(O)cc1O)c1c(O)cc(O)c(O)c1O. The summed E-state index contributed by atoms with van der Waals surface area (Å²) in [5, 5.41) is 119. The molecule has 0 atom stereocenters. The van der Waals surface area contributed by atoms with E-state index in [4.69, 9.17) is 9.78 Å². The Morgan fingerprint density at radius 1 is 0.381 bits per heavy atom. The second-order valence-electron chi connectivity index (χ2n) is 8.47. The molecular weight excluding hydrogens is 568 g/mol. The van der Waals surface area contributed by atoms with Crippen molar-refractivity contribution in [3.05, 3.63) is 58.7 Å². The van der Waals surface area contributed by atoms with Crippen LogP contribution in [0, 0.1) is 0 Å². The molecule has 4 rings (SSSR count). The lowest BCUT2D eigenvalue weighted by molar-refractivity contribution is -0.102. The van der Waals surface area contributed by atoms with Gasteiger partial charge >= 0.3 is 0 Å². The first kappa shape index (κ1) is 28.4. The molecule has 0 spiro atoms.